The van der Waals surface area contributed by atoms with Crippen LogP contribution in [0.4, 0.5) is 5.69 Å². The van der Waals surface area contributed by atoms with Crippen molar-refractivity contribution in [3.05, 3.63) is 65.4 Å². The van der Waals surface area contributed by atoms with Crippen LogP contribution < -0.4 is 10.5 Å². The summed E-state index contributed by atoms with van der Waals surface area (Å²) in [6, 6.07) is 13.8. The first-order valence-electron chi connectivity index (χ1n) is 11.9. The van der Waals surface area contributed by atoms with E-state index < -0.39 is 16.1 Å². The molecule has 0 saturated carbocycles. The highest BCUT2D eigenvalue weighted by Gasteiger charge is 2.41. The van der Waals surface area contributed by atoms with Crippen LogP contribution in [0.2, 0.25) is 0 Å². The Kier molecular flexibility index (Phi) is 7.32. The molecule has 3 atom stereocenters. The number of H-pyrrole nitrogens is 1. The van der Waals surface area contributed by atoms with Gasteiger partial charge in [-0.1, -0.05) is 39.8 Å². The Morgan fingerprint density at radius 3 is 2.26 bits per heavy atom. The van der Waals surface area contributed by atoms with Crippen LogP contribution in [-0.2, 0) is 21.2 Å². The Morgan fingerprint density at radius 2 is 1.74 bits per heavy atom. The van der Waals surface area contributed by atoms with Crippen LogP contribution in [-0.4, -0.2) is 45.9 Å². The molecule has 4 rings (SSSR count). The van der Waals surface area contributed by atoms with E-state index in [1.54, 1.807) is 18.3 Å². The van der Waals surface area contributed by atoms with Crippen molar-refractivity contribution in [2.45, 2.75) is 63.4 Å². The molecule has 35 heavy (non-hydrogen) atoms. The number of anilines is 1. The molecule has 188 valence electrons. The SMILES string of the molecule is CC(C)c1cc(-c2ccn[nH]2)cc(C(C)C)c1NC1OC1N=S(N)(=O)c1ccc(CN(C)C)cc1. The number of ether oxygens (including phenoxy) is 1. The van der Waals surface area contributed by atoms with E-state index in [1.165, 1.54) is 11.1 Å². The minimum Gasteiger partial charge on any atom is -0.356 e. The molecule has 1 saturated heterocycles. The van der Waals surface area contributed by atoms with Crippen molar-refractivity contribution >= 4 is 15.6 Å². The molecule has 1 aliphatic heterocycles. The Balaban J connectivity index is 1.58. The van der Waals surface area contributed by atoms with Gasteiger partial charge in [-0.15, -0.1) is 0 Å². The fourth-order valence-corrected chi connectivity index (χ4v) is 5.26. The van der Waals surface area contributed by atoms with Crippen LogP contribution in [0.3, 0.4) is 0 Å². The predicted molar refractivity (Wildman–Crippen MR) is 141 cm³/mol. The van der Waals surface area contributed by atoms with E-state index in [2.05, 4.69) is 64.6 Å². The highest BCUT2D eigenvalue weighted by atomic mass is 32.2. The number of epoxide rings is 1. The van der Waals surface area contributed by atoms with Gasteiger partial charge in [0.1, 0.15) is 9.92 Å². The van der Waals surface area contributed by atoms with E-state index in [0.29, 0.717) is 4.90 Å². The Bertz CT molecular complexity index is 1250. The van der Waals surface area contributed by atoms with Gasteiger partial charge in [-0.05, 0) is 73.0 Å². The van der Waals surface area contributed by atoms with Gasteiger partial charge in [-0.25, -0.2) is 9.35 Å². The quantitative estimate of drug-likeness (QED) is 0.366. The van der Waals surface area contributed by atoms with Crippen molar-refractivity contribution in [3.8, 4) is 11.3 Å². The van der Waals surface area contributed by atoms with Crippen LogP contribution in [0.5, 0.6) is 0 Å². The number of aromatic amines is 1. The van der Waals surface area contributed by atoms with Gasteiger partial charge in [0, 0.05) is 24.0 Å². The third-order valence-corrected chi connectivity index (χ3v) is 7.50. The molecule has 0 spiro atoms. The van der Waals surface area contributed by atoms with Crippen LogP contribution in [0, 0.1) is 0 Å². The average molecular weight is 497 g/mol. The molecule has 3 aromatic rings. The lowest BCUT2D eigenvalue weighted by atomic mass is 9.89. The van der Waals surface area contributed by atoms with Crippen LogP contribution in [0.25, 0.3) is 11.3 Å². The van der Waals surface area contributed by atoms with Gasteiger partial charge >= 0.3 is 0 Å². The van der Waals surface area contributed by atoms with E-state index >= 15 is 0 Å². The predicted octanol–water partition coefficient (Wildman–Crippen LogP) is 4.88. The van der Waals surface area contributed by atoms with Gasteiger partial charge in [-0.3, -0.25) is 5.10 Å². The van der Waals surface area contributed by atoms with Crippen molar-refractivity contribution in [1.82, 2.24) is 15.1 Å². The van der Waals surface area contributed by atoms with Gasteiger partial charge in [0.25, 0.3) is 0 Å². The lowest BCUT2D eigenvalue weighted by Crippen LogP contribution is -2.17. The van der Waals surface area contributed by atoms with Gasteiger partial charge in [0.15, 0.2) is 6.23 Å². The molecule has 3 unspecified atom stereocenters. The second kappa shape index (κ2) is 10.1. The summed E-state index contributed by atoms with van der Waals surface area (Å²) in [4.78, 5) is 2.58. The Hall–Kier alpha value is -2.72. The maximum atomic E-state index is 13.2. The van der Waals surface area contributed by atoms with Crippen LogP contribution in [0.1, 0.15) is 56.2 Å². The molecule has 1 aliphatic rings. The minimum absolute atomic E-state index is 0.284. The van der Waals surface area contributed by atoms with E-state index in [-0.39, 0.29) is 18.1 Å². The monoisotopic (exact) mass is 496 g/mol. The molecule has 2 heterocycles. The third-order valence-electron chi connectivity index (χ3n) is 6.03. The summed E-state index contributed by atoms with van der Waals surface area (Å²) in [6.45, 7) is 9.48. The van der Waals surface area contributed by atoms with Crippen molar-refractivity contribution in [2.75, 3.05) is 19.4 Å². The summed E-state index contributed by atoms with van der Waals surface area (Å²) >= 11 is 0. The Morgan fingerprint density at radius 1 is 1.11 bits per heavy atom. The zero-order chi connectivity index (χ0) is 25.3. The molecule has 1 fully saturated rings. The van der Waals surface area contributed by atoms with E-state index in [4.69, 9.17) is 9.88 Å². The lowest BCUT2D eigenvalue weighted by molar-refractivity contribution is 0.387. The number of hydrogen-bond acceptors (Lipinski definition) is 6. The standard InChI is InChI=1S/C26H36N6O2S/c1-16(2)21-13-19(23-11-12-28-30-23)14-22(17(3)4)24(21)29-25-26(34-25)31-35(27,33)20-9-7-18(8-10-20)15-32(5)6/h7-14,16-17,25-26,29H,15H2,1-6H3,(H,28,30)(H2,27,31,33). The average Bonchev–Trinajstić information content (AvgIpc) is 3.26. The second-order valence-electron chi connectivity index (χ2n) is 9.96. The van der Waals surface area contributed by atoms with Crippen molar-refractivity contribution in [1.29, 1.82) is 0 Å². The number of nitrogens with two attached hydrogens (primary N) is 1. The molecular weight excluding hydrogens is 460 g/mol. The fourth-order valence-electron chi connectivity index (χ4n) is 4.14. The zero-order valence-electron chi connectivity index (χ0n) is 21.3. The molecule has 0 aliphatic carbocycles. The highest BCUT2D eigenvalue weighted by Crippen LogP contribution is 2.39. The largest absolute Gasteiger partial charge is 0.356 e. The fraction of sp³-hybridized carbons (Fsp3) is 0.423. The van der Waals surface area contributed by atoms with Crippen molar-refractivity contribution in [2.24, 2.45) is 9.50 Å². The molecule has 4 N–H and O–H groups in total. The summed E-state index contributed by atoms with van der Waals surface area (Å²) < 4.78 is 23.3. The van der Waals surface area contributed by atoms with E-state index in [0.717, 1.165) is 29.1 Å². The summed E-state index contributed by atoms with van der Waals surface area (Å²) in [5.74, 6) is 0.567. The number of nitrogens with zero attached hydrogens (tertiary/aromatic N) is 3. The first kappa shape index (κ1) is 25.4. The number of rotatable bonds is 9. The van der Waals surface area contributed by atoms with Crippen LogP contribution >= 0.6 is 0 Å². The summed E-state index contributed by atoms with van der Waals surface area (Å²) in [6.07, 6.45) is 0.817. The molecule has 2 aromatic carbocycles. The number of nitrogens with one attached hydrogen (secondary N) is 2. The van der Waals surface area contributed by atoms with Gasteiger partial charge in [0.2, 0.25) is 6.23 Å². The maximum absolute atomic E-state index is 13.2. The molecule has 0 amide bonds. The zero-order valence-corrected chi connectivity index (χ0v) is 22.1. The normalized spacial score (nSPS) is 19.3. The molecule has 8 nitrogen and oxygen atoms in total. The summed E-state index contributed by atoms with van der Waals surface area (Å²) in [5, 5.41) is 16.8. The van der Waals surface area contributed by atoms with Gasteiger partial charge < -0.3 is 15.0 Å². The molecular formula is C26H36N6O2S. The number of benzene rings is 2. The Labute approximate surface area is 208 Å². The maximum Gasteiger partial charge on any atom is 0.205 e. The van der Waals surface area contributed by atoms with Crippen molar-refractivity contribution in [3.63, 3.8) is 0 Å². The van der Waals surface area contributed by atoms with E-state index in [1.807, 2.05) is 32.3 Å². The smallest absolute Gasteiger partial charge is 0.205 e. The second-order valence-corrected chi connectivity index (χ2v) is 11.8. The minimum atomic E-state index is -3.07. The lowest BCUT2D eigenvalue weighted by Gasteiger charge is -2.22. The molecule has 0 bridgehead atoms. The molecule has 1 aromatic heterocycles. The first-order chi connectivity index (χ1) is 16.5. The number of hydrogen-bond donors (Lipinski definition) is 3. The molecule has 0 radical (unpaired) electrons. The summed E-state index contributed by atoms with van der Waals surface area (Å²) in [7, 11) is 0.943. The van der Waals surface area contributed by atoms with Gasteiger partial charge in [0.05, 0.1) is 10.6 Å². The van der Waals surface area contributed by atoms with E-state index in [9.17, 15) is 4.21 Å². The topological polar surface area (TPSA) is 112 Å². The summed E-state index contributed by atoms with van der Waals surface area (Å²) in [5.41, 5.74) is 6.60. The van der Waals surface area contributed by atoms with Gasteiger partial charge in [-0.2, -0.15) is 9.46 Å². The third kappa shape index (κ3) is 5.92. The van der Waals surface area contributed by atoms with Crippen LogP contribution in [0.15, 0.2) is 57.9 Å². The van der Waals surface area contributed by atoms with Crippen molar-refractivity contribution < 1.29 is 8.95 Å². The number of aromatic nitrogens is 2. The first-order valence-corrected chi connectivity index (χ1v) is 13.5. The highest BCUT2D eigenvalue weighted by molar-refractivity contribution is 7.91. The molecule has 9 heteroatoms.